The number of ether oxygens (including phenoxy) is 1. The van der Waals surface area contributed by atoms with E-state index < -0.39 is 0 Å². The minimum Gasteiger partial charge on any atom is -0.457 e. The number of likely N-dealkylation sites (N-methyl/N-ethyl adjacent to an activating group) is 1. The van der Waals surface area contributed by atoms with Crippen LogP contribution in [0, 0.1) is 5.92 Å². The number of benzene rings is 1. The van der Waals surface area contributed by atoms with Gasteiger partial charge >= 0.3 is 5.97 Å². The van der Waals surface area contributed by atoms with Gasteiger partial charge in [0.2, 0.25) is 0 Å². The van der Waals surface area contributed by atoms with Crippen LogP contribution in [0.3, 0.4) is 0 Å². The Morgan fingerprint density at radius 1 is 1.30 bits per heavy atom. The molecular formula is C19H23NO3. The average Bonchev–Trinajstić information content (AvgIpc) is 2.65. The zero-order valence-electron chi connectivity index (χ0n) is 14.0. The Hall–Kier alpha value is -2.10. The Labute approximate surface area is 137 Å². The molecule has 1 saturated carbocycles. The average molecular weight is 313 g/mol. The Kier molecular flexibility index (Phi) is 4.00. The van der Waals surface area contributed by atoms with Crippen molar-refractivity contribution in [3.8, 4) is 0 Å². The van der Waals surface area contributed by atoms with Gasteiger partial charge in [0.15, 0.2) is 12.4 Å². The molecule has 3 rings (SSSR count). The van der Waals surface area contributed by atoms with Crippen molar-refractivity contribution >= 4 is 17.4 Å². The van der Waals surface area contributed by atoms with Crippen LogP contribution in [0.4, 0.5) is 5.69 Å². The fraction of sp³-hybridized carbons (Fsp3) is 0.474. The largest absolute Gasteiger partial charge is 0.457 e. The number of ketones is 1. The third-order valence-electron chi connectivity index (χ3n) is 5.03. The minimum atomic E-state index is -0.237. The van der Waals surface area contributed by atoms with Gasteiger partial charge in [-0.2, -0.15) is 0 Å². The number of para-hydroxylation sites is 1. The normalized spacial score (nSPS) is 21.0. The maximum atomic E-state index is 12.2. The van der Waals surface area contributed by atoms with Crippen LogP contribution in [0.2, 0.25) is 0 Å². The Bertz CT molecular complexity index is 671. The second-order valence-corrected chi connectivity index (χ2v) is 6.93. The molecule has 0 saturated heterocycles. The van der Waals surface area contributed by atoms with E-state index in [1.165, 1.54) is 5.56 Å². The molecule has 4 heteroatoms. The van der Waals surface area contributed by atoms with E-state index in [9.17, 15) is 9.59 Å². The number of nitrogens with zero attached hydrogens (tertiary/aromatic N) is 1. The molecule has 1 aromatic carbocycles. The zero-order chi connectivity index (χ0) is 16.6. The van der Waals surface area contributed by atoms with Gasteiger partial charge in [-0.25, -0.2) is 0 Å². The minimum absolute atomic E-state index is 0.00491. The van der Waals surface area contributed by atoms with Crippen LogP contribution >= 0.6 is 0 Å². The highest BCUT2D eigenvalue weighted by Crippen LogP contribution is 2.46. The lowest BCUT2D eigenvalue weighted by molar-refractivity contribution is -0.153. The molecule has 0 N–H and O–H groups in total. The summed E-state index contributed by atoms with van der Waals surface area (Å²) in [5.74, 6) is -0.393. The van der Waals surface area contributed by atoms with Gasteiger partial charge in [0.25, 0.3) is 0 Å². The van der Waals surface area contributed by atoms with E-state index in [4.69, 9.17) is 4.74 Å². The highest BCUT2D eigenvalue weighted by atomic mass is 16.5. The molecule has 0 bridgehead atoms. The number of carbonyl (C=O) groups excluding carboxylic acids is 2. The standard InChI is InChI=1S/C19H23NO3/c1-19(2)15-9-4-5-10-16(15)20(3)17(19)11-14(21)12-23-18(22)13-7-6-8-13/h4-5,9-11,13H,6-8,12H2,1-3H3/b17-11-. The molecule has 2 aliphatic rings. The van der Waals surface area contributed by atoms with Gasteiger partial charge < -0.3 is 9.64 Å². The van der Waals surface area contributed by atoms with Crippen LogP contribution in [-0.4, -0.2) is 25.4 Å². The molecule has 0 spiro atoms. The van der Waals surface area contributed by atoms with E-state index >= 15 is 0 Å². The zero-order valence-corrected chi connectivity index (χ0v) is 14.0. The van der Waals surface area contributed by atoms with E-state index in [0.717, 1.165) is 30.6 Å². The van der Waals surface area contributed by atoms with Crippen molar-refractivity contribution in [1.82, 2.24) is 0 Å². The van der Waals surface area contributed by atoms with Crippen LogP contribution in [0.15, 0.2) is 36.0 Å². The number of fused-ring (bicyclic) bond motifs is 1. The number of hydrogen-bond acceptors (Lipinski definition) is 4. The van der Waals surface area contributed by atoms with Crippen molar-refractivity contribution in [2.45, 2.75) is 38.5 Å². The van der Waals surface area contributed by atoms with Crippen molar-refractivity contribution in [3.63, 3.8) is 0 Å². The molecule has 0 radical (unpaired) electrons. The Morgan fingerprint density at radius 3 is 2.61 bits per heavy atom. The molecule has 4 nitrogen and oxygen atoms in total. The number of carbonyl (C=O) groups is 2. The van der Waals surface area contributed by atoms with Crippen LogP contribution in [0.25, 0.3) is 0 Å². The fourth-order valence-electron chi connectivity index (χ4n) is 3.36. The molecule has 1 heterocycles. The van der Waals surface area contributed by atoms with Gasteiger partial charge in [0.05, 0.1) is 5.92 Å². The Balaban J connectivity index is 1.72. The molecule has 122 valence electrons. The summed E-state index contributed by atoms with van der Waals surface area (Å²) >= 11 is 0. The third kappa shape index (κ3) is 2.78. The first-order valence-corrected chi connectivity index (χ1v) is 8.16. The molecule has 0 atom stereocenters. The second-order valence-electron chi connectivity index (χ2n) is 6.93. The number of rotatable bonds is 4. The van der Waals surface area contributed by atoms with E-state index in [2.05, 4.69) is 26.0 Å². The SMILES string of the molecule is CN1/C(=C\C(=O)COC(=O)C2CCC2)C(C)(C)c2ccccc21. The first kappa shape index (κ1) is 15.8. The lowest BCUT2D eigenvalue weighted by Crippen LogP contribution is -2.27. The van der Waals surface area contributed by atoms with Gasteiger partial charge in [-0.05, 0) is 24.5 Å². The molecule has 0 aromatic heterocycles. The first-order chi connectivity index (χ1) is 10.9. The van der Waals surface area contributed by atoms with Crippen LogP contribution in [0.5, 0.6) is 0 Å². The van der Waals surface area contributed by atoms with Crippen molar-refractivity contribution < 1.29 is 14.3 Å². The summed E-state index contributed by atoms with van der Waals surface area (Å²) in [5, 5.41) is 0. The quantitative estimate of drug-likeness (QED) is 0.632. The molecular weight excluding hydrogens is 290 g/mol. The predicted octanol–water partition coefficient (Wildman–Crippen LogP) is 3.21. The summed E-state index contributed by atoms with van der Waals surface area (Å²) in [5.41, 5.74) is 3.01. The second kappa shape index (κ2) is 5.84. The number of allylic oxidation sites excluding steroid dienone is 1. The van der Waals surface area contributed by atoms with Gasteiger partial charge in [-0.1, -0.05) is 38.5 Å². The highest BCUT2D eigenvalue weighted by Gasteiger charge is 2.38. The van der Waals surface area contributed by atoms with Crippen LogP contribution in [-0.2, 0) is 19.7 Å². The van der Waals surface area contributed by atoms with Crippen molar-refractivity contribution in [2.75, 3.05) is 18.6 Å². The van der Waals surface area contributed by atoms with Gasteiger partial charge in [-0.15, -0.1) is 0 Å². The number of esters is 1. The third-order valence-corrected chi connectivity index (χ3v) is 5.03. The molecule has 0 unspecified atom stereocenters. The molecule has 1 fully saturated rings. The molecule has 1 aliphatic heterocycles. The monoisotopic (exact) mass is 313 g/mol. The Morgan fingerprint density at radius 2 is 2.00 bits per heavy atom. The first-order valence-electron chi connectivity index (χ1n) is 8.16. The predicted molar refractivity (Wildman–Crippen MR) is 89.3 cm³/mol. The number of hydrogen-bond donors (Lipinski definition) is 0. The lowest BCUT2D eigenvalue weighted by Gasteiger charge is -2.24. The lowest BCUT2D eigenvalue weighted by atomic mass is 9.83. The van der Waals surface area contributed by atoms with Crippen LogP contribution in [0.1, 0.15) is 38.7 Å². The van der Waals surface area contributed by atoms with E-state index in [0.29, 0.717) is 0 Å². The van der Waals surface area contributed by atoms with Crippen LogP contribution < -0.4 is 4.90 Å². The summed E-state index contributed by atoms with van der Waals surface area (Å²) in [6.07, 6.45) is 4.47. The summed E-state index contributed by atoms with van der Waals surface area (Å²) in [6.45, 7) is 4.04. The van der Waals surface area contributed by atoms with E-state index in [1.807, 2.05) is 24.1 Å². The molecule has 0 amide bonds. The maximum absolute atomic E-state index is 12.2. The van der Waals surface area contributed by atoms with E-state index in [-0.39, 0.29) is 29.7 Å². The van der Waals surface area contributed by atoms with Gasteiger partial charge in [0, 0.05) is 29.9 Å². The van der Waals surface area contributed by atoms with Gasteiger partial charge in [0.1, 0.15) is 0 Å². The smallest absolute Gasteiger partial charge is 0.309 e. The maximum Gasteiger partial charge on any atom is 0.309 e. The summed E-state index contributed by atoms with van der Waals surface area (Å²) in [4.78, 5) is 26.0. The molecule has 1 aromatic rings. The molecule has 1 aliphatic carbocycles. The number of anilines is 1. The van der Waals surface area contributed by atoms with Crippen molar-refractivity contribution in [2.24, 2.45) is 5.92 Å². The summed E-state index contributed by atoms with van der Waals surface area (Å²) in [7, 11) is 1.97. The van der Waals surface area contributed by atoms with E-state index in [1.54, 1.807) is 6.08 Å². The summed E-state index contributed by atoms with van der Waals surface area (Å²) in [6, 6.07) is 8.16. The molecule has 23 heavy (non-hydrogen) atoms. The highest BCUT2D eigenvalue weighted by molar-refractivity contribution is 5.94. The fourth-order valence-corrected chi connectivity index (χ4v) is 3.36. The summed E-state index contributed by atoms with van der Waals surface area (Å²) < 4.78 is 5.15. The topological polar surface area (TPSA) is 46.6 Å². The van der Waals surface area contributed by atoms with Crippen molar-refractivity contribution in [3.05, 3.63) is 41.6 Å². The van der Waals surface area contributed by atoms with Gasteiger partial charge in [-0.3, -0.25) is 9.59 Å². The van der Waals surface area contributed by atoms with Crippen molar-refractivity contribution in [1.29, 1.82) is 0 Å².